The third-order valence-corrected chi connectivity index (χ3v) is 6.63. The number of benzene rings is 2. The van der Waals surface area contributed by atoms with Crippen LogP contribution in [0.25, 0.3) is 10.4 Å². The molecule has 0 saturated heterocycles. The van der Waals surface area contributed by atoms with Gasteiger partial charge in [-0.15, -0.1) is 0 Å². The van der Waals surface area contributed by atoms with Crippen LogP contribution in [0.15, 0.2) is 41.5 Å². The number of rotatable bonds is 9. The van der Waals surface area contributed by atoms with Crippen LogP contribution in [0.2, 0.25) is 10.0 Å². The summed E-state index contributed by atoms with van der Waals surface area (Å²) in [6.07, 6.45) is 3.58. The van der Waals surface area contributed by atoms with Gasteiger partial charge in [0.2, 0.25) is 5.91 Å². The van der Waals surface area contributed by atoms with Crippen LogP contribution in [0.1, 0.15) is 55.8 Å². The summed E-state index contributed by atoms with van der Waals surface area (Å²) < 4.78 is 5.52. The standard InChI is InChI=1S/C24H25Cl2N5O4/c1-2-19(32)35-21-17(29-22(33)20-15(25)7-5-8-16(20)26)9-6-10-18(21)30-23(34)24(11-3-4-12-24)13-14-28-31-27/h5-10H,2-4,11-14H2,1H3,(H,29,33)(H,30,34). The number of nitrogens with zero attached hydrogens (tertiary/aromatic N) is 3. The number of anilines is 2. The number of ether oxygens (including phenoxy) is 1. The van der Waals surface area contributed by atoms with E-state index in [0.717, 1.165) is 12.8 Å². The van der Waals surface area contributed by atoms with E-state index in [0.29, 0.717) is 19.3 Å². The van der Waals surface area contributed by atoms with E-state index in [9.17, 15) is 14.4 Å². The van der Waals surface area contributed by atoms with Crippen LogP contribution in [-0.4, -0.2) is 24.3 Å². The number of carbonyl (C=O) groups is 3. The summed E-state index contributed by atoms with van der Waals surface area (Å²) in [6.45, 7) is 1.84. The molecule has 0 radical (unpaired) electrons. The highest BCUT2D eigenvalue weighted by atomic mass is 35.5. The number of para-hydroxylation sites is 1. The highest BCUT2D eigenvalue weighted by Gasteiger charge is 2.40. The Bertz CT molecular complexity index is 1150. The van der Waals surface area contributed by atoms with E-state index >= 15 is 0 Å². The van der Waals surface area contributed by atoms with Gasteiger partial charge >= 0.3 is 5.97 Å². The number of hydrogen-bond acceptors (Lipinski definition) is 5. The average molecular weight is 518 g/mol. The van der Waals surface area contributed by atoms with Crippen molar-refractivity contribution < 1.29 is 19.1 Å². The summed E-state index contributed by atoms with van der Waals surface area (Å²) >= 11 is 12.3. The lowest BCUT2D eigenvalue weighted by Gasteiger charge is -2.27. The number of halogens is 2. The number of nitrogens with one attached hydrogen (secondary N) is 2. The van der Waals surface area contributed by atoms with Crippen LogP contribution in [0.5, 0.6) is 5.75 Å². The van der Waals surface area contributed by atoms with Crippen molar-refractivity contribution in [3.05, 3.63) is 62.4 Å². The van der Waals surface area contributed by atoms with Crippen molar-refractivity contribution in [2.24, 2.45) is 10.5 Å². The molecule has 1 aliphatic carbocycles. The smallest absolute Gasteiger partial charge is 0.311 e. The molecule has 3 rings (SSSR count). The quantitative estimate of drug-likeness (QED) is 0.125. The number of esters is 1. The number of amides is 2. The Kier molecular flexibility index (Phi) is 8.98. The fourth-order valence-corrected chi connectivity index (χ4v) is 4.70. The Morgan fingerprint density at radius 1 is 1.06 bits per heavy atom. The Hall–Kier alpha value is -3.26. The zero-order chi connectivity index (χ0) is 25.4. The lowest BCUT2D eigenvalue weighted by molar-refractivity contribution is -0.134. The van der Waals surface area contributed by atoms with Gasteiger partial charge in [0.1, 0.15) is 0 Å². The lowest BCUT2D eigenvalue weighted by atomic mass is 9.81. The highest BCUT2D eigenvalue weighted by Crippen LogP contribution is 2.43. The van der Waals surface area contributed by atoms with Gasteiger partial charge in [-0.05, 0) is 49.1 Å². The molecule has 0 atom stereocenters. The van der Waals surface area contributed by atoms with Crippen molar-refractivity contribution in [3.8, 4) is 5.75 Å². The molecule has 0 bridgehead atoms. The molecule has 11 heteroatoms. The Morgan fingerprint density at radius 3 is 2.26 bits per heavy atom. The number of hydrogen-bond donors (Lipinski definition) is 2. The summed E-state index contributed by atoms with van der Waals surface area (Å²) in [5.74, 6) is -1.39. The maximum atomic E-state index is 13.4. The van der Waals surface area contributed by atoms with E-state index in [1.165, 1.54) is 12.1 Å². The average Bonchev–Trinajstić information content (AvgIpc) is 3.31. The molecule has 0 aromatic heterocycles. The second-order valence-corrected chi connectivity index (χ2v) is 9.02. The summed E-state index contributed by atoms with van der Waals surface area (Å²) in [5.41, 5.74) is 8.40. The van der Waals surface area contributed by atoms with Gasteiger partial charge in [-0.3, -0.25) is 14.4 Å². The van der Waals surface area contributed by atoms with Crippen molar-refractivity contribution in [1.82, 2.24) is 0 Å². The van der Waals surface area contributed by atoms with Crippen molar-refractivity contribution >= 4 is 52.4 Å². The van der Waals surface area contributed by atoms with E-state index in [2.05, 4.69) is 20.7 Å². The van der Waals surface area contributed by atoms with Crippen molar-refractivity contribution in [2.75, 3.05) is 17.2 Å². The summed E-state index contributed by atoms with van der Waals surface area (Å²) in [5, 5.41) is 9.47. The first-order chi connectivity index (χ1) is 16.8. The minimum absolute atomic E-state index is 0.00687. The second-order valence-electron chi connectivity index (χ2n) is 8.21. The summed E-state index contributed by atoms with van der Waals surface area (Å²) in [7, 11) is 0. The molecule has 0 spiro atoms. The van der Waals surface area contributed by atoms with Gasteiger partial charge in [0.05, 0.1) is 27.0 Å². The van der Waals surface area contributed by atoms with E-state index in [-0.39, 0.29) is 51.6 Å². The molecule has 0 unspecified atom stereocenters. The monoisotopic (exact) mass is 517 g/mol. The minimum Gasteiger partial charge on any atom is -0.422 e. The fraction of sp³-hybridized carbons (Fsp3) is 0.375. The molecule has 0 aliphatic heterocycles. The first-order valence-corrected chi connectivity index (χ1v) is 12.0. The van der Waals surface area contributed by atoms with Gasteiger partial charge in [0, 0.05) is 23.3 Å². The Balaban J connectivity index is 1.93. The second kappa shape index (κ2) is 11.9. The predicted octanol–water partition coefficient (Wildman–Crippen LogP) is 6.76. The van der Waals surface area contributed by atoms with Crippen molar-refractivity contribution in [2.45, 2.75) is 45.4 Å². The maximum Gasteiger partial charge on any atom is 0.311 e. The van der Waals surface area contributed by atoms with E-state index in [1.807, 2.05) is 0 Å². The van der Waals surface area contributed by atoms with E-state index in [4.69, 9.17) is 33.5 Å². The van der Waals surface area contributed by atoms with Gasteiger partial charge in [-0.1, -0.05) is 60.2 Å². The largest absolute Gasteiger partial charge is 0.422 e. The molecule has 2 aromatic carbocycles. The maximum absolute atomic E-state index is 13.4. The van der Waals surface area contributed by atoms with E-state index < -0.39 is 17.3 Å². The Labute approximate surface area is 212 Å². The molecule has 184 valence electrons. The molecule has 1 aliphatic rings. The van der Waals surface area contributed by atoms with Crippen molar-refractivity contribution in [1.29, 1.82) is 0 Å². The van der Waals surface area contributed by atoms with Gasteiger partial charge < -0.3 is 15.4 Å². The highest BCUT2D eigenvalue weighted by molar-refractivity contribution is 6.40. The fourth-order valence-electron chi connectivity index (χ4n) is 4.14. The van der Waals surface area contributed by atoms with Crippen LogP contribution in [0.3, 0.4) is 0 Å². The van der Waals surface area contributed by atoms with Gasteiger partial charge in [-0.2, -0.15) is 0 Å². The molecule has 1 saturated carbocycles. The number of azide groups is 1. The molecule has 2 amide bonds. The molecule has 2 N–H and O–H groups in total. The molecular weight excluding hydrogens is 493 g/mol. The third kappa shape index (κ3) is 6.25. The molecule has 9 nitrogen and oxygen atoms in total. The SMILES string of the molecule is CCC(=O)Oc1c(NC(=O)c2c(Cl)cccc2Cl)cccc1NC(=O)C1(CCN=[N+]=[N-])CCCC1. The van der Waals surface area contributed by atoms with Crippen LogP contribution in [0, 0.1) is 5.41 Å². The zero-order valence-electron chi connectivity index (χ0n) is 19.1. The summed E-state index contributed by atoms with van der Waals surface area (Å²) in [6, 6.07) is 9.44. The molecule has 0 heterocycles. The van der Waals surface area contributed by atoms with Gasteiger partial charge in [0.25, 0.3) is 5.91 Å². The normalized spacial score (nSPS) is 14.0. The molecule has 35 heavy (non-hydrogen) atoms. The van der Waals surface area contributed by atoms with Crippen LogP contribution < -0.4 is 15.4 Å². The van der Waals surface area contributed by atoms with Gasteiger partial charge in [-0.25, -0.2) is 0 Å². The predicted molar refractivity (Wildman–Crippen MR) is 135 cm³/mol. The topological polar surface area (TPSA) is 133 Å². The first-order valence-electron chi connectivity index (χ1n) is 11.2. The lowest BCUT2D eigenvalue weighted by Crippen LogP contribution is -2.34. The molecule has 2 aromatic rings. The van der Waals surface area contributed by atoms with Gasteiger partial charge in [0.15, 0.2) is 5.75 Å². The van der Waals surface area contributed by atoms with Crippen LogP contribution in [0.4, 0.5) is 11.4 Å². The molecular formula is C24H25Cl2N5O4. The summed E-state index contributed by atoms with van der Waals surface area (Å²) in [4.78, 5) is 41.3. The van der Waals surface area contributed by atoms with E-state index in [1.54, 1.807) is 31.2 Å². The molecule has 1 fully saturated rings. The first kappa shape index (κ1) is 26.3. The minimum atomic E-state index is -0.690. The number of carbonyl (C=O) groups excluding carboxylic acids is 3. The zero-order valence-corrected chi connectivity index (χ0v) is 20.7. The van der Waals surface area contributed by atoms with Crippen molar-refractivity contribution in [3.63, 3.8) is 0 Å². The third-order valence-electron chi connectivity index (χ3n) is 6.00. The van der Waals surface area contributed by atoms with Crippen LogP contribution in [-0.2, 0) is 9.59 Å². The van der Waals surface area contributed by atoms with Crippen LogP contribution >= 0.6 is 23.2 Å². The Morgan fingerprint density at radius 2 is 1.66 bits per heavy atom.